The van der Waals surface area contributed by atoms with E-state index in [1.54, 1.807) is 90.8 Å². The van der Waals surface area contributed by atoms with E-state index in [9.17, 15) is 114 Å². The number of rotatable bonds is 19. The average molecular weight is 1850 g/mol. The van der Waals surface area contributed by atoms with Crippen LogP contribution in [0.1, 0.15) is 91.7 Å². The standard InChI is InChI=1S/C35H42N4O9.C31H33N3O10.C30H33N3O9/c1-7-48-23-11-8-16(12-18(23)15-37-33(46)38-34(2,3)4)19-9-10-22(40)25-20(19)13-17-14-21-27(39(5)6)29(42)26(32(36)45)31(44)35(21,47)30(43)24(17)28(25)41;1-34(2)24-19-13-15-12-18-17(14-4-6-16(7-5-14)33-30(41)44-11-10-43-3)8-9-20(35)22(18)25(36)21(15)27(38)31(19,42)28(39)23(26(24)37)29(32)40;1-32(2)24-18-12-14-11-17-16(20-6-3-15(42-20)13-33-7-9-41-10-8-33)4-5-19(34)22(17)25(35)21(14)27(37)30(18,40)28(38)23(26(24)36)29(31)39/h8-12,17,21,27,40-41,44,47H,7,13-15H2,1-6H3,(H2,36,45)(H2,37,38,46);4-9,15,19,24,35-36,39,42H,10-13H2,1-3H3,(H2,32,40)(H,33,41);3-6,14,18,24,34-35,38,40H,7-13H2,1-2H3,(H2,31,39)/t17-,21-,27-,35-;15-,19-,24-,31-;14-,18-,24-,30-/m000/s1. The molecule has 3 saturated carbocycles. The molecule has 710 valence electrons. The second-order valence-corrected chi connectivity index (χ2v) is 36.6. The first-order chi connectivity index (χ1) is 63.2. The zero-order chi connectivity index (χ0) is 97.6. The number of primary amides is 3. The minimum Gasteiger partial charge on any atom is -0.508 e. The molecule has 4 fully saturated rings. The smallest absolute Gasteiger partial charge is 0.411 e. The van der Waals surface area contributed by atoms with E-state index >= 15 is 0 Å². The number of urea groups is 1. The zero-order valence-corrected chi connectivity index (χ0v) is 75.4. The molecule has 1 aliphatic heterocycles. The van der Waals surface area contributed by atoms with Crippen LogP contribution in [0.3, 0.4) is 0 Å². The number of Topliss-reactive ketones (excluding diaryl/α,β-unsaturated/α-hetero) is 6. The summed E-state index contributed by atoms with van der Waals surface area (Å²) in [6.07, 6.45) is -0.227. The fourth-order valence-corrected chi connectivity index (χ4v) is 20.9. The molecule has 0 spiro atoms. The van der Waals surface area contributed by atoms with Crippen LogP contribution in [-0.4, -0.2) is 281 Å². The minimum absolute atomic E-state index is 0.0114. The van der Waals surface area contributed by atoms with Gasteiger partial charge in [-0.3, -0.25) is 68.1 Å². The van der Waals surface area contributed by atoms with E-state index in [1.807, 2.05) is 52.0 Å². The van der Waals surface area contributed by atoms with Crippen LogP contribution in [0.15, 0.2) is 146 Å². The molecule has 2 heterocycles. The lowest BCUT2D eigenvalue weighted by Gasteiger charge is -2.50. The van der Waals surface area contributed by atoms with Crippen LogP contribution in [0.5, 0.6) is 23.0 Å². The number of ether oxygens (including phenoxy) is 4. The summed E-state index contributed by atoms with van der Waals surface area (Å²) in [5.41, 5.74) is 10.4. The van der Waals surface area contributed by atoms with E-state index < -0.39 is 186 Å². The number of hydrogen-bond acceptors (Lipinski definition) is 32. The van der Waals surface area contributed by atoms with Gasteiger partial charge in [-0.05, 0) is 226 Å². The molecule has 16 rings (SSSR count). The Morgan fingerprint density at radius 2 is 0.918 bits per heavy atom. The maximum atomic E-state index is 14.1. The van der Waals surface area contributed by atoms with Crippen molar-refractivity contribution in [2.75, 3.05) is 101 Å². The van der Waals surface area contributed by atoms with Gasteiger partial charge in [0, 0.05) is 83.6 Å². The predicted molar refractivity (Wildman–Crippen MR) is 481 cm³/mol. The molecular weight excluding hydrogens is 1740 g/mol. The summed E-state index contributed by atoms with van der Waals surface area (Å²) in [5, 5.41) is 144. The lowest BCUT2D eigenvalue weighted by Crippen LogP contribution is -2.65. The van der Waals surface area contributed by atoms with Crippen LogP contribution >= 0.6 is 0 Å². The number of nitrogens with zero attached hydrogens (tertiary/aromatic N) is 4. The Bertz CT molecular complexity index is 6140. The van der Waals surface area contributed by atoms with Crippen molar-refractivity contribution < 1.29 is 137 Å². The van der Waals surface area contributed by atoms with Gasteiger partial charge < -0.3 is 112 Å². The van der Waals surface area contributed by atoms with Crippen molar-refractivity contribution in [2.24, 2.45) is 52.7 Å². The SMILES string of the molecule is CCOc1ccc(-c2ccc(O)c3c2C[C@H]2C[C@H]4[C@H](N(C)C)C(=O)C(C(N)=O)=C(O)[C@@]4(O)C(=O)C2=C3O)cc1CNC(=O)NC(C)(C)C.CN(C)[C@@H]1C(=O)C(C(N)=O)=C(O)[C@@]2(O)C(=O)C3=C(O)c4c(O)ccc(-c5ccc(CN6CCOCC6)o5)c4C[C@H]3C[C@@H]12.COCCOC(=O)Nc1ccc(-c2ccc(O)c3c2C[C@H]2C[C@H]4[C@H](N(C)C)C(=O)C(C(N)=O)=C(O)[C@@]4(O)C(=O)C2=C3O)cc1. The largest absolute Gasteiger partial charge is 0.508 e. The number of phenolic OH excluding ortho intramolecular Hbond substituents is 3. The molecule has 38 nitrogen and oxygen atoms in total. The van der Waals surface area contributed by atoms with Crippen LogP contribution in [0.4, 0.5) is 15.3 Å². The van der Waals surface area contributed by atoms with Gasteiger partial charge >= 0.3 is 12.1 Å². The third kappa shape index (κ3) is 16.6. The maximum Gasteiger partial charge on any atom is 0.411 e. The second-order valence-electron chi connectivity index (χ2n) is 36.6. The van der Waals surface area contributed by atoms with Crippen molar-refractivity contribution >= 4 is 87.5 Å². The molecule has 6 aromatic rings. The summed E-state index contributed by atoms with van der Waals surface area (Å²) >= 11 is 0. The molecule has 10 aliphatic rings. The Hall–Kier alpha value is -13.6. The van der Waals surface area contributed by atoms with Gasteiger partial charge in [0.15, 0.2) is 34.2 Å². The zero-order valence-electron chi connectivity index (χ0n) is 75.4. The van der Waals surface area contributed by atoms with Crippen LogP contribution in [0.25, 0.3) is 50.9 Å². The number of anilines is 1. The quantitative estimate of drug-likeness (QED) is 0.0351. The predicted octanol–water partition coefficient (Wildman–Crippen LogP) is 5.51. The van der Waals surface area contributed by atoms with Crippen LogP contribution in [-0.2, 0) is 89.7 Å². The first-order valence-corrected chi connectivity index (χ1v) is 43.4. The number of amides is 6. The Balaban J connectivity index is 0.000000162. The summed E-state index contributed by atoms with van der Waals surface area (Å²) in [6.45, 7) is 11.8. The lowest BCUT2D eigenvalue weighted by molar-refractivity contribution is -0.155. The van der Waals surface area contributed by atoms with E-state index in [4.69, 9.17) is 40.6 Å². The maximum absolute atomic E-state index is 14.1. The van der Waals surface area contributed by atoms with Gasteiger partial charge in [-0.1, -0.05) is 30.3 Å². The molecule has 1 aromatic heterocycles. The van der Waals surface area contributed by atoms with E-state index in [1.165, 1.54) is 40.0 Å². The van der Waals surface area contributed by atoms with Gasteiger partial charge in [-0.15, -0.1) is 0 Å². The van der Waals surface area contributed by atoms with Crippen molar-refractivity contribution in [2.45, 2.75) is 120 Å². The number of carbonyl (C=O) groups excluding carboxylic acids is 11. The molecule has 0 unspecified atom stereocenters. The van der Waals surface area contributed by atoms with E-state index in [2.05, 4.69) is 20.9 Å². The van der Waals surface area contributed by atoms with Gasteiger partial charge in [0.05, 0.1) is 67.8 Å². The van der Waals surface area contributed by atoms with Gasteiger partial charge in [0.1, 0.15) is 92.4 Å². The van der Waals surface area contributed by atoms with Crippen LogP contribution in [0.2, 0.25) is 0 Å². The summed E-state index contributed by atoms with van der Waals surface area (Å²) in [5.74, 6) is -19.2. The summed E-state index contributed by atoms with van der Waals surface area (Å²) in [6, 6.07) is 21.2. The average Bonchev–Trinajstić information content (AvgIpc) is 0.835. The highest BCUT2D eigenvalue weighted by atomic mass is 16.6. The number of nitrogens with one attached hydrogen (secondary N) is 3. The van der Waals surface area contributed by atoms with E-state index in [-0.39, 0.29) is 115 Å². The first-order valence-electron chi connectivity index (χ1n) is 43.4. The van der Waals surface area contributed by atoms with Crippen molar-refractivity contribution in [3.8, 4) is 56.6 Å². The second kappa shape index (κ2) is 36.8. The number of fused-ring (bicyclic) bond motifs is 9. The fraction of sp³-hybridized carbons (Fsp3) is 0.406. The number of phenols is 3. The lowest BCUT2D eigenvalue weighted by atomic mass is 9.57. The Morgan fingerprint density at radius 1 is 0.522 bits per heavy atom. The highest BCUT2D eigenvalue weighted by molar-refractivity contribution is 6.27. The molecule has 6 amide bonds. The number of morpholine rings is 1. The number of benzene rings is 5. The highest BCUT2D eigenvalue weighted by Gasteiger charge is 2.68. The third-order valence-corrected chi connectivity index (χ3v) is 26.8. The van der Waals surface area contributed by atoms with Gasteiger partial charge in [0.2, 0.25) is 17.3 Å². The van der Waals surface area contributed by atoms with Gasteiger partial charge in [-0.2, -0.15) is 0 Å². The number of hydrogen-bond donors (Lipinski definition) is 18. The number of aliphatic hydroxyl groups excluding tert-OH is 6. The fourth-order valence-electron chi connectivity index (χ4n) is 20.9. The van der Waals surface area contributed by atoms with Crippen molar-refractivity contribution in [1.82, 2.24) is 30.2 Å². The Labute approximate surface area is 767 Å². The number of likely N-dealkylation sites (N-methyl/N-ethyl adjacent to an activating group) is 3. The molecule has 9 aliphatic carbocycles. The Morgan fingerprint density at radius 3 is 1.31 bits per heavy atom. The van der Waals surface area contributed by atoms with Crippen molar-refractivity contribution in [3.05, 3.63) is 186 Å². The van der Waals surface area contributed by atoms with E-state index in [0.717, 1.165) is 18.8 Å². The third-order valence-electron chi connectivity index (χ3n) is 26.8. The highest BCUT2D eigenvalue weighted by Crippen LogP contribution is 2.59. The molecule has 38 heteroatoms. The van der Waals surface area contributed by atoms with Crippen molar-refractivity contribution in [3.63, 3.8) is 0 Å². The van der Waals surface area contributed by atoms with Gasteiger partial charge in [0.25, 0.3) is 17.7 Å². The number of carbonyl (C=O) groups is 11. The number of aromatic hydroxyl groups is 3. The van der Waals surface area contributed by atoms with Gasteiger partial charge in [-0.25, -0.2) is 9.59 Å². The topological polar surface area (TPSA) is 608 Å². The molecule has 0 bridgehead atoms. The monoisotopic (exact) mass is 1850 g/mol. The summed E-state index contributed by atoms with van der Waals surface area (Å²) in [4.78, 5) is 150. The molecular formula is C96H108N10O28. The van der Waals surface area contributed by atoms with Crippen molar-refractivity contribution in [1.29, 1.82) is 0 Å². The van der Waals surface area contributed by atoms with Crippen LogP contribution < -0.4 is 37.9 Å². The molecule has 21 N–H and O–H groups in total. The minimum atomic E-state index is -2.71. The number of furan rings is 1. The molecule has 0 radical (unpaired) electrons. The molecule has 134 heavy (non-hydrogen) atoms. The van der Waals surface area contributed by atoms with Crippen LogP contribution in [0, 0.1) is 35.5 Å². The number of nitrogens with two attached hydrogens (primary N) is 3. The first kappa shape index (κ1) is 96.5. The molecule has 1 saturated heterocycles. The number of methoxy groups -OCH3 is 1. The summed E-state index contributed by atoms with van der Waals surface area (Å²) in [7, 11) is 10.8. The normalized spacial score (nSPS) is 25.4. The van der Waals surface area contributed by atoms with E-state index in [0.29, 0.717) is 93.6 Å². The Kier molecular flexibility index (Phi) is 26.5. The molecule has 12 atom stereocenters. The molecule has 5 aromatic carbocycles. The number of ketones is 6. The summed E-state index contributed by atoms with van der Waals surface area (Å²) < 4.78 is 27.3. The number of aliphatic hydroxyl groups is 9.